The summed E-state index contributed by atoms with van der Waals surface area (Å²) in [7, 11) is 0. The number of imide groups is 2. The van der Waals surface area contributed by atoms with Crippen LogP contribution in [-0.2, 0) is 23.9 Å². The SMILES string of the molecule is Nc1ncnc2c1c(-c1ccc(Oc3ccccc3)cc1)nn2[C@@H]1CCCN(C(=O)CCCN2CCN(CCOCCOCCSc3cccc4c3C(=O)N(C3CCC(=O)NC3=O)C4=O)CC2)C1. The minimum absolute atomic E-state index is 0.0397. The molecule has 0 bridgehead atoms. The molecule has 4 aliphatic rings. The number of para-hydroxylation sites is 1. The van der Waals surface area contributed by atoms with Crippen LogP contribution in [0.4, 0.5) is 5.82 Å². The van der Waals surface area contributed by atoms with Gasteiger partial charge in [-0.2, -0.15) is 5.10 Å². The van der Waals surface area contributed by atoms with E-state index in [1.807, 2.05) is 64.2 Å². The highest BCUT2D eigenvalue weighted by Crippen LogP contribution is 2.36. The van der Waals surface area contributed by atoms with Crippen molar-refractivity contribution < 1.29 is 38.2 Å². The first-order valence-corrected chi connectivity index (χ1v) is 24.4. The Hall–Kier alpha value is -6.25. The Balaban J connectivity index is 0.649. The summed E-state index contributed by atoms with van der Waals surface area (Å²) in [5.74, 6) is 0.510. The van der Waals surface area contributed by atoms with Crippen molar-refractivity contribution in [3.8, 4) is 22.8 Å². The van der Waals surface area contributed by atoms with E-state index in [0.29, 0.717) is 83.9 Å². The second kappa shape index (κ2) is 21.8. The van der Waals surface area contributed by atoms with E-state index < -0.39 is 29.7 Å². The zero-order valence-electron chi connectivity index (χ0n) is 37.9. The van der Waals surface area contributed by atoms with Gasteiger partial charge in [0.2, 0.25) is 17.7 Å². The fraction of sp³-hybridized carbons (Fsp3) is 0.429. The lowest BCUT2D eigenvalue weighted by Crippen LogP contribution is -2.54. The van der Waals surface area contributed by atoms with Crippen molar-refractivity contribution in [2.75, 3.05) is 90.3 Å². The van der Waals surface area contributed by atoms with Gasteiger partial charge in [-0.25, -0.2) is 14.6 Å². The number of nitrogens with one attached hydrogen (secondary N) is 1. The normalized spacial score (nSPS) is 19.2. The van der Waals surface area contributed by atoms with Gasteiger partial charge in [-0.15, -0.1) is 11.8 Å². The maximum Gasteiger partial charge on any atom is 0.263 e. The Kier molecular flexibility index (Phi) is 15.0. The highest BCUT2D eigenvalue weighted by Gasteiger charge is 2.45. The highest BCUT2D eigenvalue weighted by molar-refractivity contribution is 7.99. The van der Waals surface area contributed by atoms with Crippen LogP contribution in [0.3, 0.4) is 0 Å². The van der Waals surface area contributed by atoms with Gasteiger partial charge in [0.1, 0.15) is 35.4 Å². The summed E-state index contributed by atoms with van der Waals surface area (Å²) in [6, 6.07) is 21.5. The first-order valence-electron chi connectivity index (χ1n) is 23.4. The molecule has 18 nitrogen and oxygen atoms in total. The number of benzene rings is 3. The molecule has 68 heavy (non-hydrogen) atoms. The number of carbonyl (C=O) groups is 5. The smallest absolute Gasteiger partial charge is 0.263 e. The summed E-state index contributed by atoms with van der Waals surface area (Å²) in [5, 5.41) is 7.99. The van der Waals surface area contributed by atoms with Crippen LogP contribution in [0.1, 0.15) is 65.3 Å². The summed E-state index contributed by atoms with van der Waals surface area (Å²) < 4.78 is 19.6. The Morgan fingerprint density at radius 1 is 0.794 bits per heavy atom. The zero-order chi connectivity index (χ0) is 47.0. The third kappa shape index (κ3) is 10.7. The molecule has 0 spiro atoms. The predicted molar refractivity (Wildman–Crippen MR) is 254 cm³/mol. The van der Waals surface area contributed by atoms with Crippen molar-refractivity contribution in [1.82, 2.24) is 44.7 Å². The standard InChI is InChI=1S/C49H56N10O8S/c50-45-43-44(33-13-15-36(16-14-33)67-35-8-2-1-3-9-35)54-59(46(43)52-32-51-45)34-7-5-20-57(31-34)41(61)12-6-19-55-21-23-56(24-22-55)25-26-65-27-28-66-29-30-68-39-11-4-10-37-42(39)49(64)58(48(37)63)38-17-18-40(60)53-47(38)62/h1-4,8-11,13-16,32,34,38H,5-7,12,17-31H2,(H2,50,51,52)(H,53,60,62)/t34-,38?/m1/s1. The Bertz CT molecular complexity index is 2620. The molecular formula is C49H56N10O8S. The zero-order valence-corrected chi connectivity index (χ0v) is 38.7. The number of hydrogen-bond acceptors (Lipinski definition) is 15. The number of ether oxygens (including phenoxy) is 3. The van der Waals surface area contributed by atoms with Crippen LogP contribution < -0.4 is 15.8 Å². The van der Waals surface area contributed by atoms with Crippen LogP contribution >= 0.6 is 11.8 Å². The summed E-state index contributed by atoms with van der Waals surface area (Å²) in [6.07, 6.45) is 4.72. The molecule has 0 aliphatic carbocycles. The lowest BCUT2D eigenvalue weighted by atomic mass is 10.0. The van der Waals surface area contributed by atoms with Crippen LogP contribution in [0.15, 0.2) is 84.0 Å². The number of carbonyl (C=O) groups excluding carboxylic acids is 5. The van der Waals surface area contributed by atoms with E-state index in [4.69, 9.17) is 25.0 Å². The van der Waals surface area contributed by atoms with E-state index in [1.165, 1.54) is 18.1 Å². The molecule has 19 heteroatoms. The largest absolute Gasteiger partial charge is 0.457 e. The molecule has 2 aromatic heterocycles. The molecule has 3 saturated heterocycles. The molecule has 3 fully saturated rings. The van der Waals surface area contributed by atoms with Crippen LogP contribution in [0, 0.1) is 0 Å². The van der Waals surface area contributed by atoms with E-state index >= 15 is 0 Å². The molecule has 3 aromatic carbocycles. The summed E-state index contributed by atoms with van der Waals surface area (Å²) >= 11 is 1.42. The lowest BCUT2D eigenvalue weighted by molar-refractivity contribution is -0.136. The second-order valence-electron chi connectivity index (χ2n) is 17.3. The van der Waals surface area contributed by atoms with Crippen molar-refractivity contribution >= 4 is 58.1 Å². The van der Waals surface area contributed by atoms with Gasteiger partial charge in [0, 0.05) is 74.9 Å². The van der Waals surface area contributed by atoms with Crippen LogP contribution in [0.25, 0.3) is 22.3 Å². The third-order valence-corrected chi connectivity index (χ3v) is 13.9. The molecular weight excluding hydrogens is 889 g/mol. The molecule has 9 rings (SSSR count). The van der Waals surface area contributed by atoms with Gasteiger partial charge < -0.3 is 29.7 Å². The summed E-state index contributed by atoms with van der Waals surface area (Å²) in [4.78, 5) is 81.4. The van der Waals surface area contributed by atoms with Crippen molar-refractivity contribution in [3.05, 3.63) is 90.3 Å². The topological polar surface area (TPSA) is 208 Å². The van der Waals surface area contributed by atoms with Gasteiger partial charge in [0.25, 0.3) is 11.8 Å². The molecule has 0 saturated carbocycles. The highest BCUT2D eigenvalue weighted by atomic mass is 32.2. The van der Waals surface area contributed by atoms with Crippen molar-refractivity contribution in [3.63, 3.8) is 0 Å². The maximum absolute atomic E-state index is 13.6. The molecule has 356 valence electrons. The van der Waals surface area contributed by atoms with Gasteiger partial charge in [-0.1, -0.05) is 24.3 Å². The molecule has 1 unspecified atom stereocenters. The van der Waals surface area contributed by atoms with Crippen molar-refractivity contribution in [2.24, 2.45) is 0 Å². The molecule has 5 amide bonds. The Labute approximate surface area is 398 Å². The number of piperidine rings is 2. The molecule has 5 aromatic rings. The fourth-order valence-corrected chi connectivity index (χ4v) is 10.3. The number of nitrogens with zero attached hydrogens (tertiary/aromatic N) is 8. The second-order valence-corrected chi connectivity index (χ2v) is 18.4. The third-order valence-electron chi connectivity index (χ3n) is 12.9. The Morgan fingerprint density at radius 2 is 1.54 bits per heavy atom. The van der Waals surface area contributed by atoms with E-state index in [2.05, 4.69) is 25.1 Å². The average molecular weight is 945 g/mol. The number of aromatic nitrogens is 4. The number of nitrogens with two attached hydrogens (primary N) is 1. The maximum atomic E-state index is 13.6. The lowest BCUT2D eigenvalue weighted by Gasteiger charge is -2.35. The van der Waals surface area contributed by atoms with Gasteiger partial charge in [0.15, 0.2) is 5.65 Å². The van der Waals surface area contributed by atoms with Crippen molar-refractivity contribution in [1.29, 1.82) is 0 Å². The Morgan fingerprint density at radius 3 is 2.32 bits per heavy atom. The number of likely N-dealkylation sites (tertiary alicyclic amines) is 1. The molecule has 4 aliphatic heterocycles. The minimum atomic E-state index is -0.995. The number of piperazine rings is 1. The summed E-state index contributed by atoms with van der Waals surface area (Å²) in [5.41, 5.74) is 9.23. The van der Waals surface area contributed by atoms with Crippen molar-refractivity contribution in [2.45, 2.75) is 55.5 Å². The number of rotatable bonds is 19. The van der Waals surface area contributed by atoms with Crippen LogP contribution in [0.2, 0.25) is 0 Å². The van der Waals surface area contributed by atoms with E-state index in [1.54, 1.807) is 18.2 Å². The van der Waals surface area contributed by atoms with Crippen LogP contribution in [-0.4, -0.2) is 159 Å². The predicted octanol–water partition coefficient (Wildman–Crippen LogP) is 4.66. The molecule has 0 radical (unpaired) electrons. The van der Waals surface area contributed by atoms with Crippen LogP contribution in [0.5, 0.6) is 11.5 Å². The van der Waals surface area contributed by atoms with E-state index in [0.717, 1.165) is 81.3 Å². The first-order chi connectivity index (χ1) is 33.2. The fourth-order valence-electron chi connectivity index (χ4n) is 9.32. The number of anilines is 1. The van der Waals surface area contributed by atoms with Gasteiger partial charge in [-0.3, -0.25) is 39.1 Å². The minimum Gasteiger partial charge on any atom is -0.457 e. The number of hydrogen-bond donors (Lipinski definition) is 2. The quantitative estimate of drug-likeness (QED) is 0.0656. The van der Waals surface area contributed by atoms with Gasteiger partial charge >= 0.3 is 0 Å². The van der Waals surface area contributed by atoms with Gasteiger partial charge in [-0.05, 0) is 80.8 Å². The number of fused-ring (bicyclic) bond motifs is 2. The first kappa shape index (κ1) is 46.8. The van der Waals surface area contributed by atoms with Gasteiger partial charge in [0.05, 0.1) is 49.0 Å². The molecule has 3 N–H and O–H groups in total. The molecule has 6 heterocycles. The summed E-state index contributed by atoms with van der Waals surface area (Å²) in [6.45, 7) is 8.73. The molecule has 2 atom stereocenters. The number of amides is 5. The van der Waals surface area contributed by atoms with E-state index in [-0.39, 0.29) is 30.4 Å². The number of thioether (sulfide) groups is 1. The van der Waals surface area contributed by atoms with E-state index in [9.17, 15) is 24.0 Å². The number of nitrogen functional groups attached to an aromatic ring is 1. The monoisotopic (exact) mass is 944 g/mol. The average Bonchev–Trinajstić information content (AvgIpc) is 3.87.